The first-order valence-corrected chi connectivity index (χ1v) is 4.99. The van der Waals surface area contributed by atoms with Crippen molar-refractivity contribution in [2.45, 2.75) is 26.7 Å². The average molecular weight is 188 g/mol. The van der Waals surface area contributed by atoms with Crippen molar-refractivity contribution in [3.8, 4) is 6.07 Å². The molecule has 0 bridgehead atoms. The molecule has 1 N–H and O–H groups in total. The predicted molar refractivity (Wildman–Crippen MR) is 59.3 cm³/mol. The summed E-state index contributed by atoms with van der Waals surface area (Å²) in [5, 5.41) is 11.9. The Morgan fingerprint density at radius 3 is 2.86 bits per heavy atom. The van der Waals surface area contributed by atoms with Crippen molar-refractivity contribution in [1.29, 1.82) is 5.26 Å². The van der Waals surface area contributed by atoms with Crippen molar-refractivity contribution in [2.75, 3.05) is 11.9 Å². The summed E-state index contributed by atoms with van der Waals surface area (Å²) in [6, 6.07) is 8.39. The second-order valence-corrected chi connectivity index (χ2v) is 3.29. The maximum absolute atomic E-state index is 8.57. The summed E-state index contributed by atoms with van der Waals surface area (Å²) in [5.41, 5.74) is 3.71. The molecule has 0 fully saturated rings. The summed E-state index contributed by atoms with van der Waals surface area (Å²) < 4.78 is 0. The van der Waals surface area contributed by atoms with Crippen LogP contribution in [-0.2, 0) is 6.42 Å². The molecule has 1 aromatic rings. The minimum absolute atomic E-state index is 0.587. The first-order chi connectivity index (χ1) is 6.79. The topological polar surface area (TPSA) is 35.8 Å². The van der Waals surface area contributed by atoms with Gasteiger partial charge in [0.15, 0.2) is 0 Å². The highest BCUT2D eigenvalue weighted by Gasteiger charge is 2.03. The summed E-state index contributed by atoms with van der Waals surface area (Å²) in [4.78, 5) is 0. The summed E-state index contributed by atoms with van der Waals surface area (Å²) in [5.74, 6) is 0. The molecule has 2 nitrogen and oxygen atoms in total. The zero-order valence-corrected chi connectivity index (χ0v) is 8.80. The number of rotatable bonds is 4. The van der Waals surface area contributed by atoms with Gasteiger partial charge in [0, 0.05) is 18.7 Å². The van der Waals surface area contributed by atoms with Crippen molar-refractivity contribution in [1.82, 2.24) is 0 Å². The van der Waals surface area contributed by atoms with Gasteiger partial charge in [0.05, 0.1) is 6.07 Å². The number of nitrogens with zero attached hydrogens (tertiary/aromatic N) is 1. The van der Waals surface area contributed by atoms with E-state index in [-0.39, 0.29) is 0 Å². The van der Waals surface area contributed by atoms with E-state index in [1.54, 1.807) is 0 Å². The van der Waals surface area contributed by atoms with Crippen LogP contribution in [0.25, 0.3) is 0 Å². The molecular weight excluding hydrogens is 172 g/mol. The fraction of sp³-hybridized carbons (Fsp3) is 0.417. The lowest BCUT2D eigenvalue weighted by Crippen LogP contribution is -2.02. The number of anilines is 1. The second-order valence-electron chi connectivity index (χ2n) is 3.29. The van der Waals surface area contributed by atoms with E-state index >= 15 is 0 Å². The summed E-state index contributed by atoms with van der Waals surface area (Å²) in [6.45, 7) is 5.09. The Kier molecular flexibility index (Phi) is 4.00. The van der Waals surface area contributed by atoms with E-state index in [0.717, 1.165) is 13.0 Å². The largest absolute Gasteiger partial charge is 0.385 e. The van der Waals surface area contributed by atoms with Crippen molar-refractivity contribution in [3.05, 3.63) is 29.3 Å². The molecule has 0 spiro atoms. The van der Waals surface area contributed by atoms with E-state index < -0.39 is 0 Å². The Hall–Kier alpha value is -1.49. The first kappa shape index (κ1) is 10.6. The molecule has 0 radical (unpaired) electrons. The van der Waals surface area contributed by atoms with Crippen LogP contribution in [0.15, 0.2) is 18.2 Å². The summed E-state index contributed by atoms with van der Waals surface area (Å²) in [6.07, 6.45) is 1.43. The van der Waals surface area contributed by atoms with Gasteiger partial charge in [-0.05, 0) is 37.5 Å². The monoisotopic (exact) mass is 188 g/mol. The minimum atomic E-state index is 0.587. The van der Waals surface area contributed by atoms with Crippen molar-refractivity contribution in [3.63, 3.8) is 0 Å². The van der Waals surface area contributed by atoms with E-state index in [1.165, 1.54) is 16.8 Å². The van der Waals surface area contributed by atoms with Crippen LogP contribution >= 0.6 is 0 Å². The fourth-order valence-corrected chi connectivity index (χ4v) is 1.57. The van der Waals surface area contributed by atoms with Crippen LogP contribution < -0.4 is 5.32 Å². The third kappa shape index (κ3) is 2.50. The van der Waals surface area contributed by atoms with Gasteiger partial charge in [0.2, 0.25) is 0 Å². The molecule has 1 aromatic carbocycles. The van der Waals surface area contributed by atoms with Crippen LogP contribution in [0.2, 0.25) is 0 Å². The number of hydrogen-bond donors (Lipinski definition) is 1. The maximum atomic E-state index is 8.57. The van der Waals surface area contributed by atoms with E-state index in [1.807, 2.05) is 6.07 Å². The molecule has 2 heteroatoms. The molecule has 0 unspecified atom stereocenters. The number of hydrogen-bond acceptors (Lipinski definition) is 2. The number of aryl methyl sites for hydroxylation is 1. The summed E-state index contributed by atoms with van der Waals surface area (Å²) >= 11 is 0. The normalized spacial score (nSPS) is 9.50. The fourth-order valence-electron chi connectivity index (χ4n) is 1.57. The van der Waals surface area contributed by atoms with Crippen LogP contribution in [0.4, 0.5) is 5.69 Å². The Morgan fingerprint density at radius 1 is 1.43 bits per heavy atom. The molecule has 0 atom stereocenters. The predicted octanol–water partition coefficient (Wildman–Crippen LogP) is 2.88. The van der Waals surface area contributed by atoms with Gasteiger partial charge in [-0.2, -0.15) is 5.26 Å². The van der Waals surface area contributed by atoms with Gasteiger partial charge < -0.3 is 5.32 Å². The first-order valence-electron chi connectivity index (χ1n) is 4.99. The van der Waals surface area contributed by atoms with Gasteiger partial charge in [0.1, 0.15) is 0 Å². The second kappa shape index (κ2) is 5.29. The quantitative estimate of drug-likeness (QED) is 0.788. The molecule has 0 aromatic heterocycles. The average Bonchev–Trinajstić information content (AvgIpc) is 2.18. The molecule has 0 saturated carbocycles. The molecule has 0 amide bonds. The zero-order chi connectivity index (χ0) is 10.4. The number of benzene rings is 1. The third-order valence-corrected chi connectivity index (χ3v) is 2.26. The highest BCUT2D eigenvalue weighted by Crippen LogP contribution is 2.20. The van der Waals surface area contributed by atoms with Gasteiger partial charge in [-0.3, -0.25) is 0 Å². The minimum Gasteiger partial charge on any atom is -0.385 e. The SMILES string of the molecule is CCNc1cccc(C)c1CCC#N. The van der Waals surface area contributed by atoms with Crippen LogP contribution in [0.3, 0.4) is 0 Å². The van der Waals surface area contributed by atoms with E-state index in [2.05, 4.69) is 37.4 Å². The lowest BCUT2D eigenvalue weighted by atomic mass is 10.0. The molecule has 74 valence electrons. The highest BCUT2D eigenvalue weighted by atomic mass is 14.9. The smallest absolute Gasteiger partial charge is 0.0625 e. The van der Waals surface area contributed by atoms with Crippen molar-refractivity contribution >= 4 is 5.69 Å². The third-order valence-electron chi connectivity index (χ3n) is 2.26. The standard InChI is InChI=1S/C12H16N2/c1-3-14-12-8-4-6-10(2)11(12)7-5-9-13/h4,6,8,14H,3,5,7H2,1-2H3. The zero-order valence-electron chi connectivity index (χ0n) is 8.80. The van der Waals surface area contributed by atoms with E-state index in [9.17, 15) is 0 Å². The van der Waals surface area contributed by atoms with Gasteiger partial charge >= 0.3 is 0 Å². The number of nitriles is 1. The van der Waals surface area contributed by atoms with E-state index in [4.69, 9.17) is 5.26 Å². The van der Waals surface area contributed by atoms with Crippen LogP contribution in [0.5, 0.6) is 0 Å². The Labute approximate surface area is 85.6 Å². The molecule has 1 rings (SSSR count). The van der Waals surface area contributed by atoms with E-state index in [0.29, 0.717) is 6.42 Å². The van der Waals surface area contributed by atoms with Gasteiger partial charge in [-0.15, -0.1) is 0 Å². The Morgan fingerprint density at radius 2 is 2.21 bits per heavy atom. The number of nitrogens with one attached hydrogen (secondary N) is 1. The molecule has 0 aliphatic carbocycles. The lowest BCUT2D eigenvalue weighted by molar-refractivity contribution is 0.992. The molecular formula is C12H16N2. The van der Waals surface area contributed by atoms with Crippen LogP contribution in [0, 0.1) is 18.3 Å². The molecule has 0 aliphatic rings. The van der Waals surface area contributed by atoms with Gasteiger partial charge in [0.25, 0.3) is 0 Å². The lowest BCUT2D eigenvalue weighted by Gasteiger charge is -2.12. The van der Waals surface area contributed by atoms with Crippen molar-refractivity contribution < 1.29 is 0 Å². The Bertz CT molecular complexity index is 337. The van der Waals surface area contributed by atoms with Crippen LogP contribution in [-0.4, -0.2) is 6.54 Å². The molecule has 0 heterocycles. The van der Waals surface area contributed by atoms with Crippen molar-refractivity contribution in [2.24, 2.45) is 0 Å². The summed E-state index contributed by atoms with van der Waals surface area (Å²) in [7, 11) is 0. The van der Waals surface area contributed by atoms with Gasteiger partial charge in [-0.25, -0.2) is 0 Å². The molecule has 14 heavy (non-hydrogen) atoms. The maximum Gasteiger partial charge on any atom is 0.0625 e. The highest BCUT2D eigenvalue weighted by molar-refractivity contribution is 5.54. The van der Waals surface area contributed by atoms with Crippen LogP contribution in [0.1, 0.15) is 24.5 Å². The molecule has 0 aliphatic heterocycles. The Balaban J connectivity index is 2.91. The van der Waals surface area contributed by atoms with Gasteiger partial charge in [-0.1, -0.05) is 12.1 Å². The molecule has 0 saturated heterocycles.